The van der Waals surface area contributed by atoms with Gasteiger partial charge < -0.3 is 4.74 Å². The van der Waals surface area contributed by atoms with E-state index in [0.29, 0.717) is 12.3 Å². The molecule has 0 N–H and O–H groups in total. The topological polar surface area (TPSA) is 43.4 Å². The van der Waals surface area contributed by atoms with Gasteiger partial charge in [0, 0.05) is 11.8 Å². The SMILES string of the molecule is CC(=O)[C@@H]1C[C@@H]2CC(=O)O[C@@H]2C1. The van der Waals surface area contributed by atoms with Crippen molar-refractivity contribution in [2.24, 2.45) is 11.8 Å². The molecular formula is C9H12O3. The van der Waals surface area contributed by atoms with Gasteiger partial charge in [-0.05, 0) is 19.8 Å². The van der Waals surface area contributed by atoms with Gasteiger partial charge in [0.05, 0.1) is 6.42 Å². The third-order valence-electron chi connectivity index (χ3n) is 2.92. The summed E-state index contributed by atoms with van der Waals surface area (Å²) in [6.07, 6.45) is 2.18. The Hall–Kier alpha value is -0.860. The smallest absolute Gasteiger partial charge is 0.306 e. The number of fused-ring (bicyclic) bond motifs is 1. The zero-order valence-corrected chi connectivity index (χ0v) is 7.08. The first-order chi connectivity index (χ1) is 5.66. The maximum Gasteiger partial charge on any atom is 0.306 e. The predicted molar refractivity (Wildman–Crippen MR) is 41.4 cm³/mol. The van der Waals surface area contributed by atoms with Crippen LogP contribution < -0.4 is 0 Å². The molecule has 3 heteroatoms. The number of esters is 1. The van der Waals surface area contributed by atoms with Crippen molar-refractivity contribution in [1.29, 1.82) is 0 Å². The van der Waals surface area contributed by atoms with Gasteiger partial charge in [0.2, 0.25) is 0 Å². The van der Waals surface area contributed by atoms with E-state index in [4.69, 9.17) is 4.74 Å². The van der Waals surface area contributed by atoms with E-state index in [0.717, 1.165) is 12.8 Å². The van der Waals surface area contributed by atoms with Gasteiger partial charge in [-0.25, -0.2) is 0 Å². The maximum absolute atomic E-state index is 11.0. The molecule has 2 aliphatic rings. The number of carbonyl (C=O) groups is 2. The van der Waals surface area contributed by atoms with Gasteiger partial charge in [0.1, 0.15) is 11.9 Å². The normalized spacial score (nSPS) is 39.4. The van der Waals surface area contributed by atoms with Crippen LogP contribution in [0.5, 0.6) is 0 Å². The fraction of sp³-hybridized carbons (Fsp3) is 0.778. The summed E-state index contributed by atoms with van der Waals surface area (Å²) in [4.78, 5) is 21.8. The van der Waals surface area contributed by atoms with Crippen molar-refractivity contribution in [3.05, 3.63) is 0 Å². The third kappa shape index (κ3) is 1.13. The molecule has 1 heterocycles. The molecule has 0 aromatic carbocycles. The highest BCUT2D eigenvalue weighted by Gasteiger charge is 2.44. The first-order valence-electron chi connectivity index (χ1n) is 4.36. The van der Waals surface area contributed by atoms with Crippen LogP contribution in [0.4, 0.5) is 0 Å². The first-order valence-corrected chi connectivity index (χ1v) is 4.36. The van der Waals surface area contributed by atoms with E-state index >= 15 is 0 Å². The van der Waals surface area contributed by atoms with Crippen LogP contribution in [0, 0.1) is 11.8 Å². The Balaban J connectivity index is 2.02. The fourth-order valence-corrected chi connectivity index (χ4v) is 2.21. The standard InChI is InChI=1S/C9H12O3/c1-5(10)6-2-7-4-9(11)12-8(7)3-6/h6-8H,2-4H2,1H3/t6-,7-,8-/m1/s1. The van der Waals surface area contributed by atoms with Crippen molar-refractivity contribution in [2.75, 3.05) is 0 Å². The molecular weight excluding hydrogens is 156 g/mol. The van der Waals surface area contributed by atoms with Crippen molar-refractivity contribution in [1.82, 2.24) is 0 Å². The molecule has 0 amide bonds. The van der Waals surface area contributed by atoms with Crippen LogP contribution in [0.15, 0.2) is 0 Å². The highest BCUT2D eigenvalue weighted by Crippen LogP contribution is 2.40. The number of ketones is 1. The van der Waals surface area contributed by atoms with Gasteiger partial charge in [-0.15, -0.1) is 0 Å². The second-order valence-corrected chi connectivity index (χ2v) is 3.77. The van der Waals surface area contributed by atoms with Gasteiger partial charge in [-0.3, -0.25) is 9.59 Å². The fourth-order valence-electron chi connectivity index (χ4n) is 2.21. The quantitative estimate of drug-likeness (QED) is 0.547. The van der Waals surface area contributed by atoms with Crippen LogP contribution in [0.25, 0.3) is 0 Å². The Morgan fingerprint density at radius 2 is 2.25 bits per heavy atom. The van der Waals surface area contributed by atoms with Crippen LogP contribution in [0.2, 0.25) is 0 Å². The Bertz CT molecular complexity index is 218. The largest absolute Gasteiger partial charge is 0.462 e. The number of hydrogen-bond acceptors (Lipinski definition) is 3. The molecule has 1 aliphatic carbocycles. The van der Waals surface area contributed by atoms with E-state index in [-0.39, 0.29) is 23.8 Å². The Kier molecular flexibility index (Phi) is 1.67. The molecule has 2 rings (SSSR count). The van der Waals surface area contributed by atoms with Gasteiger partial charge in [0.25, 0.3) is 0 Å². The molecule has 66 valence electrons. The minimum atomic E-state index is -0.0907. The molecule has 12 heavy (non-hydrogen) atoms. The van der Waals surface area contributed by atoms with E-state index in [9.17, 15) is 9.59 Å². The average molecular weight is 168 g/mol. The molecule has 1 saturated carbocycles. The van der Waals surface area contributed by atoms with Crippen molar-refractivity contribution in [3.63, 3.8) is 0 Å². The van der Waals surface area contributed by atoms with Crippen LogP contribution >= 0.6 is 0 Å². The highest BCUT2D eigenvalue weighted by molar-refractivity contribution is 5.79. The first kappa shape index (κ1) is 7.77. The van der Waals surface area contributed by atoms with Gasteiger partial charge in [-0.2, -0.15) is 0 Å². The van der Waals surface area contributed by atoms with Crippen molar-refractivity contribution >= 4 is 11.8 Å². The van der Waals surface area contributed by atoms with E-state index in [1.54, 1.807) is 6.92 Å². The van der Waals surface area contributed by atoms with E-state index in [1.807, 2.05) is 0 Å². The summed E-state index contributed by atoms with van der Waals surface area (Å²) >= 11 is 0. The number of ether oxygens (including phenoxy) is 1. The summed E-state index contributed by atoms with van der Waals surface area (Å²) in [7, 11) is 0. The Morgan fingerprint density at radius 3 is 2.83 bits per heavy atom. The predicted octanol–water partition coefficient (Wildman–Crippen LogP) is 0.917. The van der Waals surface area contributed by atoms with Crippen molar-refractivity contribution in [2.45, 2.75) is 32.3 Å². The molecule has 0 aromatic rings. The lowest BCUT2D eigenvalue weighted by atomic mass is 10.0. The van der Waals surface area contributed by atoms with Gasteiger partial charge in [0.15, 0.2) is 0 Å². The van der Waals surface area contributed by atoms with Crippen LogP contribution in [-0.4, -0.2) is 17.9 Å². The number of carbonyl (C=O) groups excluding carboxylic acids is 2. The molecule has 0 bridgehead atoms. The molecule has 0 radical (unpaired) electrons. The molecule has 0 spiro atoms. The number of Topliss-reactive ketones (excluding diaryl/α,β-unsaturated/α-hetero) is 1. The molecule has 0 unspecified atom stereocenters. The molecule has 1 aliphatic heterocycles. The summed E-state index contributed by atoms with van der Waals surface area (Å²) in [5.74, 6) is 0.618. The van der Waals surface area contributed by atoms with E-state index < -0.39 is 0 Å². The summed E-state index contributed by atoms with van der Waals surface area (Å²) in [6, 6.07) is 0. The average Bonchev–Trinajstić information content (AvgIpc) is 2.42. The third-order valence-corrected chi connectivity index (χ3v) is 2.92. The summed E-state index contributed by atoms with van der Waals surface area (Å²) in [5.41, 5.74) is 0. The summed E-state index contributed by atoms with van der Waals surface area (Å²) in [5, 5.41) is 0. The second-order valence-electron chi connectivity index (χ2n) is 3.77. The summed E-state index contributed by atoms with van der Waals surface area (Å²) in [6.45, 7) is 1.62. The number of hydrogen-bond donors (Lipinski definition) is 0. The summed E-state index contributed by atoms with van der Waals surface area (Å²) < 4.78 is 5.07. The van der Waals surface area contributed by atoms with Crippen LogP contribution in [0.3, 0.4) is 0 Å². The lowest BCUT2D eigenvalue weighted by molar-refractivity contribution is -0.142. The van der Waals surface area contributed by atoms with Gasteiger partial charge >= 0.3 is 5.97 Å². The molecule has 3 atom stereocenters. The van der Waals surface area contributed by atoms with E-state index in [2.05, 4.69) is 0 Å². The molecule has 1 saturated heterocycles. The lowest BCUT2D eigenvalue weighted by Gasteiger charge is -2.05. The molecule has 3 nitrogen and oxygen atoms in total. The molecule has 0 aromatic heterocycles. The minimum absolute atomic E-state index is 0.0476. The maximum atomic E-state index is 11.0. The highest BCUT2D eigenvalue weighted by atomic mass is 16.5. The van der Waals surface area contributed by atoms with Crippen LogP contribution in [-0.2, 0) is 14.3 Å². The molecule has 2 fully saturated rings. The number of rotatable bonds is 1. The lowest BCUT2D eigenvalue weighted by Crippen LogP contribution is -2.11. The van der Waals surface area contributed by atoms with Crippen molar-refractivity contribution < 1.29 is 14.3 Å². The van der Waals surface area contributed by atoms with Crippen LogP contribution in [0.1, 0.15) is 26.2 Å². The second kappa shape index (κ2) is 2.57. The zero-order chi connectivity index (χ0) is 8.72. The monoisotopic (exact) mass is 168 g/mol. The van der Waals surface area contributed by atoms with Crippen molar-refractivity contribution in [3.8, 4) is 0 Å². The van der Waals surface area contributed by atoms with Gasteiger partial charge in [-0.1, -0.05) is 0 Å². The zero-order valence-electron chi connectivity index (χ0n) is 7.08. The minimum Gasteiger partial charge on any atom is -0.462 e. The Morgan fingerprint density at radius 1 is 1.50 bits per heavy atom. The Labute approximate surface area is 71.1 Å². The van der Waals surface area contributed by atoms with E-state index in [1.165, 1.54) is 0 Å².